The van der Waals surface area contributed by atoms with E-state index in [0.717, 1.165) is 5.56 Å². The zero-order valence-electron chi connectivity index (χ0n) is 7.10. The van der Waals surface area contributed by atoms with E-state index in [1.807, 2.05) is 0 Å². The predicted octanol–water partition coefficient (Wildman–Crippen LogP) is 1.42. The molecular formula is C9H9NO3. The van der Waals surface area contributed by atoms with Crippen LogP contribution in [0.5, 0.6) is 5.75 Å². The molecule has 0 amide bonds. The molecule has 1 rings (SSSR count). The predicted molar refractivity (Wildman–Crippen MR) is 47.1 cm³/mol. The molecule has 4 nitrogen and oxygen atoms in total. The van der Waals surface area contributed by atoms with Crippen molar-refractivity contribution in [2.75, 3.05) is 0 Å². The molecule has 4 heteroatoms. The molecule has 0 aliphatic carbocycles. The highest BCUT2D eigenvalue weighted by molar-refractivity contribution is 5.79. The topological polar surface area (TPSA) is 58.9 Å². The van der Waals surface area contributed by atoms with E-state index >= 15 is 0 Å². The second-order valence-corrected chi connectivity index (χ2v) is 2.41. The molecule has 0 heterocycles. The van der Waals surface area contributed by atoms with Crippen molar-refractivity contribution in [1.29, 1.82) is 0 Å². The molecule has 0 saturated carbocycles. The van der Waals surface area contributed by atoms with Gasteiger partial charge in [0.25, 0.3) is 0 Å². The standard InChI is InChI=1S/C9H9NO3/c1-7(11)13-9-4-2-8(3-5-9)6-10-12/h2-6,12H,1H3/b10-6+. The first-order chi connectivity index (χ1) is 6.22. The number of benzene rings is 1. The van der Waals surface area contributed by atoms with E-state index in [4.69, 9.17) is 9.94 Å². The Labute approximate surface area is 75.4 Å². The van der Waals surface area contributed by atoms with E-state index in [-0.39, 0.29) is 5.97 Å². The maximum atomic E-state index is 10.5. The fourth-order valence-electron chi connectivity index (χ4n) is 0.855. The largest absolute Gasteiger partial charge is 0.427 e. The van der Waals surface area contributed by atoms with Gasteiger partial charge >= 0.3 is 5.97 Å². The number of rotatable bonds is 2. The van der Waals surface area contributed by atoms with E-state index in [2.05, 4.69) is 5.16 Å². The molecule has 0 aliphatic heterocycles. The fraction of sp³-hybridized carbons (Fsp3) is 0.111. The van der Waals surface area contributed by atoms with Crippen molar-refractivity contribution in [1.82, 2.24) is 0 Å². The van der Waals surface area contributed by atoms with Crippen LogP contribution in [0.25, 0.3) is 0 Å². The van der Waals surface area contributed by atoms with Gasteiger partial charge < -0.3 is 9.94 Å². The maximum Gasteiger partial charge on any atom is 0.308 e. The van der Waals surface area contributed by atoms with Crippen molar-refractivity contribution < 1.29 is 14.7 Å². The number of nitrogens with zero attached hydrogens (tertiary/aromatic N) is 1. The molecule has 0 atom stereocenters. The van der Waals surface area contributed by atoms with Gasteiger partial charge in [-0.05, 0) is 29.8 Å². The van der Waals surface area contributed by atoms with Crippen LogP contribution in [-0.2, 0) is 4.79 Å². The van der Waals surface area contributed by atoms with Gasteiger partial charge in [-0.15, -0.1) is 0 Å². The summed E-state index contributed by atoms with van der Waals surface area (Å²) in [5.41, 5.74) is 0.735. The highest BCUT2D eigenvalue weighted by Gasteiger charge is 1.96. The molecule has 0 unspecified atom stereocenters. The molecule has 0 aliphatic rings. The van der Waals surface area contributed by atoms with Crippen molar-refractivity contribution in [3.63, 3.8) is 0 Å². The Bertz CT molecular complexity index is 316. The second-order valence-electron chi connectivity index (χ2n) is 2.41. The molecule has 0 saturated heterocycles. The first kappa shape index (κ1) is 9.25. The van der Waals surface area contributed by atoms with Crippen LogP contribution in [0.2, 0.25) is 0 Å². The van der Waals surface area contributed by atoms with Crippen molar-refractivity contribution >= 4 is 12.2 Å². The molecule has 0 fully saturated rings. The van der Waals surface area contributed by atoms with Gasteiger partial charge in [0.05, 0.1) is 6.21 Å². The minimum absolute atomic E-state index is 0.358. The summed E-state index contributed by atoms with van der Waals surface area (Å²) >= 11 is 0. The number of ether oxygens (including phenoxy) is 1. The van der Waals surface area contributed by atoms with Crippen LogP contribution in [-0.4, -0.2) is 17.4 Å². The number of esters is 1. The molecule has 0 bridgehead atoms. The fourth-order valence-corrected chi connectivity index (χ4v) is 0.855. The molecule has 1 N–H and O–H groups in total. The van der Waals surface area contributed by atoms with Gasteiger partial charge in [0.15, 0.2) is 0 Å². The summed E-state index contributed by atoms with van der Waals surface area (Å²) in [6.45, 7) is 1.34. The van der Waals surface area contributed by atoms with Crippen LogP contribution in [0.15, 0.2) is 29.4 Å². The Hall–Kier alpha value is -1.84. The highest BCUT2D eigenvalue weighted by atomic mass is 16.5. The van der Waals surface area contributed by atoms with Crippen molar-refractivity contribution in [3.05, 3.63) is 29.8 Å². The number of carbonyl (C=O) groups excluding carboxylic acids is 1. The molecular weight excluding hydrogens is 170 g/mol. The molecule has 0 radical (unpaired) electrons. The monoisotopic (exact) mass is 179 g/mol. The van der Waals surface area contributed by atoms with Crippen LogP contribution in [0.3, 0.4) is 0 Å². The second kappa shape index (κ2) is 4.25. The Balaban J connectivity index is 2.75. The molecule has 1 aromatic rings. The summed E-state index contributed by atoms with van der Waals surface area (Å²) in [7, 11) is 0. The summed E-state index contributed by atoms with van der Waals surface area (Å²) in [6, 6.07) is 6.60. The minimum atomic E-state index is -0.358. The summed E-state index contributed by atoms with van der Waals surface area (Å²) in [5.74, 6) is 0.117. The lowest BCUT2D eigenvalue weighted by atomic mass is 10.2. The van der Waals surface area contributed by atoms with Crippen LogP contribution >= 0.6 is 0 Å². The minimum Gasteiger partial charge on any atom is -0.427 e. The number of hydrogen-bond donors (Lipinski definition) is 1. The van der Waals surface area contributed by atoms with Gasteiger partial charge in [-0.2, -0.15) is 0 Å². The Morgan fingerprint density at radius 1 is 1.46 bits per heavy atom. The smallest absolute Gasteiger partial charge is 0.308 e. The molecule has 13 heavy (non-hydrogen) atoms. The van der Waals surface area contributed by atoms with Gasteiger partial charge in [-0.3, -0.25) is 4.79 Å². The van der Waals surface area contributed by atoms with Crippen molar-refractivity contribution in [2.24, 2.45) is 5.16 Å². The van der Waals surface area contributed by atoms with Crippen LogP contribution in [0.4, 0.5) is 0 Å². The van der Waals surface area contributed by atoms with Gasteiger partial charge in [0.1, 0.15) is 5.75 Å². The van der Waals surface area contributed by atoms with E-state index in [1.54, 1.807) is 24.3 Å². The molecule has 0 aromatic heterocycles. The van der Waals surface area contributed by atoms with Gasteiger partial charge in [0, 0.05) is 6.92 Å². The lowest BCUT2D eigenvalue weighted by Gasteiger charge is -1.99. The number of oxime groups is 1. The highest BCUT2D eigenvalue weighted by Crippen LogP contribution is 2.10. The first-order valence-corrected chi connectivity index (χ1v) is 3.68. The average molecular weight is 179 g/mol. The van der Waals surface area contributed by atoms with Gasteiger partial charge in [-0.25, -0.2) is 0 Å². The van der Waals surface area contributed by atoms with Crippen molar-refractivity contribution in [3.8, 4) is 5.75 Å². The van der Waals surface area contributed by atoms with Crippen molar-refractivity contribution in [2.45, 2.75) is 6.92 Å². The Morgan fingerprint density at radius 3 is 2.54 bits per heavy atom. The van der Waals surface area contributed by atoms with E-state index in [0.29, 0.717) is 5.75 Å². The number of hydrogen-bond acceptors (Lipinski definition) is 4. The van der Waals surface area contributed by atoms with Crippen LogP contribution < -0.4 is 4.74 Å². The quantitative estimate of drug-likeness (QED) is 0.245. The summed E-state index contributed by atoms with van der Waals surface area (Å²) in [6.07, 6.45) is 1.29. The zero-order valence-corrected chi connectivity index (χ0v) is 7.10. The average Bonchev–Trinajstić information content (AvgIpc) is 2.08. The van der Waals surface area contributed by atoms with Crippen LogP contribution in [0, 0.1) is 0 Å². The summed E-state index contributed by atoms with van der Waals surface area (Å²) in [5, 5.41) is 11.1. The summed E-state index contributed by atoms with van der Waals surface area (Å²) in [4.78, 5) is 10.5. The zero-order chi connectivity index (χ0) is 9.68. The third kappa shape index (κ3) is 2.94. The van der Waals surface area contributed by atoms with E-state index in [9.17, 15) is 4.79 Å². The third-order valence-corrected chi connectivity index (χ3v) is 1.35. The molecule has 1 aromatic carbocycles. The first-order valence-electron chi connectivity index (χ1n) is 3.68. The maximum absolute atomic E-state index is 10.5. The normalized spacial score (nSPS) is 10.2. The SMILES string of the molecule is CC(=O)Oc1ccc(/C=N/O)cc1. The molecule has 0 spiro atoms. The van der Waals surface area contributed by atoms with Gasteiger partial charge in [0.2, 0.25) is 0 Å². The third-order valence-electron chi connectivity index (χ3n) is 1.35. The van der Waals surface area contributed by atoms with E-state index in [1.165, 1.54) is 13.1 Å². The lowest BCUT2D eigenvalue weighted by molar-refractivity contribution is -0.131. The van der Waals surface area contributed by atoms with Crippen LogP contribution in [0.1, 0.15) is 12.5 Å². The summed E-state index contributed by atoms with van der Waals surface area (Å²) < 4.78 is 4.80. The van der Waals surface area contributed by atoms with E-state index < -0.39 is 0 Å². The number of carbonyl (C=O) groups is 1. The molecule has 68 valence electrons. The Morgan fingerprint density at radius 2 is 2.08 bits per heavy atom. The lowest BCUT2D eigenvalue weighted by Crippen LogP contribution is -2.00. The van der Waals surface area contributed by atoms with Gasteiger partial charge in [-0.1, -0.05) is 5.16 Å². The Kier molecular flexibility index (Phi) is 3.03.